The van der Waals surface area contributed by atoms with Gasteiger partial charge in [-0.1, -0.05) is 25.6 Å². The molecule has 0 unspecified atom stereocenters. The van der Waals surface area contributed by atoms with E-state index in [-0.39, 0.29) is 29.6 Å². The molecule has 1 heterocycles. The van der Waals surface area contributed by atoms with E-state index in [4.69, 9.17) is 4.74 Å². The fraction of sp³-hybridized carbons (Fsp3) is 0.476. The topological polar surface area (TPSA) is 75.7 Å². The third kappa shape index (κ3) is 5.67. The maximum atomic E-state index is 12.8. The summed E-state index contributed by atoms with van der Waals surface area (Å²) in [6, 6.07) is 7.09. The minimum atomic E-state index is -0.537. The van der Waals surface area contributed by atoms with E-state index in [0.29, 0.717) is 25.2 Å². The molecule has 146 valence electrons. The SMILES string of the molecule is C=CC(=O)NCc1ccc(C(=O)N2C[C@@H](C)[C@H](C(=O)OC(C)(C)C)C2)cc1. The lowest BCUT2D eigenvalue weighted by Gasteiger charge is -2.23. The average molecular weight is 372 g/mol. The maximum Gasteiger partial charge on any atom is 0.311 e. The maximum absolute atomic E-state index is 12.8. The molecule has 0 saturated carbocycles. The van der Waals surface area contributed by atoms with Gasteiger partial charge in [0, 0.05) is 25.2 Å². The number of carbonyl (C=O) groups excluding carboxylic acids is 3. The molecule has 0 aliphatic carbocycles. The van der Waals surface area contributed by atoms with Crippen molar-refractivity contribution in [3.8, 4) is 0 Å². The zero-order valence-electron chi connectivity index (χ0n) is 16.5. The summed E-state index contributed by atoms with van der Waals surface area (Å²) in [6.45, 7) is 12.2. The van der Waals surface area contributed by atoms with Crippen LogP contribution in [0.15, 0.2) is 36.9 Å². The standard InChI is InChI=1S/C21H28N2O4/c1-6-18(24)22-11-15-7-9-16(10-8-15)19(25)23-12-14(2)17(13-23)20(26)27-21(3,4)5/h6-10,14,17H,1,11-13H2,2-5H3,(H,22,24)/t14-,17-/m1/s1. The number of likely N-dealkylation sites (tertiary alicyclic amines) is 1. The molecule has 2 amide bonds. The Balaban J connectivity index is 1.98. The van der Waals surface area contributed by atoms with Crippen molar-refractivity contribution in [3.63, 3.8) is 0 Å². The minimum absolute atomic E-state index is 0.0530. The van der Waals surface area contributed by atoms with E-state index >= 15 is 0 Å². The van der Waals surface area contributed by atoms with Crippen molar-refractivity contribution in [3.05, 3.63) is 48.0 Å². The molecule has 1 fully saturated rings. The number of nitrogens with zero attached hydrogens (tertiary/aromatic N) is 1. The van der Waals surface area contributed by atoms with Gasteiger partial charge in [-0.05, 0) is 50.5 Å². The molecule has 1 N–H and O–H groups in total. The number of rotatable bonds is 5. The highest BCUT2D eigenvalue weighted by molar-refractivity contribution is 5.95. The third-order valence-corrected chi connectivity index (χ3v) is 4.46. The van der Waals surface area contributed by atoms with Gasteiger partial charge in [-0.2, -0.15) is 0 Å². The highest BCUT2D eigenvalue weighted by Crippen LogP contribution is 2.27. The van der Waals surface area contributed by atoms with Crippen molar-refractivity contribution >= 4 is 17.8 Å². The molecule has 2 atom stereocenters. The molecule has 1 aromatic carbocycles. The Kier molecular flexibility index (Phi) is 6.41. The van der Waals surface area contributed by atoms with Gasteiger partial charge in [0.25, 0.3) is 5.91 Å². The number of carbonyl (C=O) groups is 3. The van der Waals surface area contributed by atoms with Gasteiger partial charge in [-0.3, -0.25) is 14.4 Å². The van der Waals surface area contributed by atoms with Gasteiger partial charge in [-0.15, -0.1) is 0 Å². The van der Waals surface area contributed by atoms with Crippen molar-refractivity contribution in [1.29, 1.82) is 0 Å². The Morgan fingerprint density at radius 2 is 1.85 bits per heavy atom. The van der Waals surface area contributed by atoms with Crippen molar-refractivity contribution in [2.45, 2.75) is 39.8 Å². The first-order chi connectivity index (χ1) is 12.6. The van der Waals surface area contributed by atoms with Crippen LogP contribution in [0.4, 0.5) is 0 Å². The Morgan fingerprint density at radius 1 is 1.22 bits per heavy atom. The van der Waals surface area contributed by atoms with Crippen LogP contribution in [-0.2, 0) is 20.9 Å². The molecule has 1 aliphatic heterocycles. The van der Waals surface area contributed by atoms with Crippen LogP contribution in [0.25, 0.3) is 0 Å². The van der Waals surface area contributed by atoms with Crippen LogP contribution < -0.4 is 5.32 Å². The zero-order valence-corrected chi connectivity index (χ0v) is 16.5. The van der Waals surface area contributed by atoms with E-state index in [9.17, 15) is 14.4 Å². The number of ether oxygens (including phenoxy) is 1. The number of amides is 2. The molecule has 1 saturated heterocycles. The van der Waals surface area contributed by atoms with Crippen LogP contribution in [0.3, 0.4) is 0 Å². The molecule has 1 aliphatic rings. The lowest BCUT2D eigenvalue weighted by Crippen LogP contribution is -2.33. The van der Waals surface area contributed by atoms with Gasteiger partial charge >= 0.3 is 5.97 Å². The van der Waals surface area contributed by atoms with Gasteiger partial charge < -0.3 is 15.0 Å². The molecule has 0 bridgehead atoms. The molecular formula is C21H28N2O4. The van der Waals surface area contributed by atoms with Gasteiger partial charge in [0.05, 0.1) is 5.92 Å². The molecule has 0 radical (unpaired) electrons. The first-order valence-electron chi connectivity index (χ1n) is 9.12. The number of nitrogens with one attached hydrogen (secondary N) is 1. The fourth-order valence-corrected chi connectivity index (χ4v) is 3.03. The van der Waals surface area contributed by atoms with Crippen LogP contribution >= 0.6 is 0 Å². The second-order valence-corrected chi connectivity index (χ2v) is 7.95. The van der Waals surface area contributed by atoms with Crippen LogP contribution in [-0.4, -0.2) is 41.4 Å². The summed E-state index contributed by atoms with van der Waals surface area (Å²) in [6.07, 6.45) is 1.22. The summed E-state index contributed by atoms with van der Waals surface area (Å²) in [7, 11) is 0. The van der Waals surface area contributed by atoms with Gasteiger partial charge in [-0.25, -0.2) is 0 Å². The Morgan fingerprint density at radius 3 is 2.41 bits per heavy atom. The predicted octanol–water partition coefficient (Wildman–Crippen LogP) is 2.54. The predicted molar refractivity (Wildman–Crippen MR) is 103 cm³/mol. The molecule has 27 heavy (non-hydrogen) atoms. The van der Waals surface area contributed by atoms with E-state index < -0.39 is 5.60 Å². The first-order valence-corrected chi connectivity index (χ1v) is 9.12. The van der Waals surface area contributed by atoms with Crippen LogP contribution in [0, 0.1) is 11.8 Å². The first kappa shape index (κ1) is 20.7. The van der Waals surface area contributed by atoms with E-state index in [1.807, 2.05) is 27.7 Å². The van der Waals surface area contributed by atoms with E-state index in [1.54, 1.807) is 29.2 Å². The smallest absolute Gasteiger partial charge is 0.311 e. The summed E-state index contributed by atoms with van der Waals surface area (Å²) >= 11 is 0. The summed E-state index contributed by atoms with van der Waals surface area (Å²) in [4.78, 5) is 38.0. The summed E-state index contributed by atoms with van der Waals surface area (Å²) in [5, 5.41) is 2.69. The van der Waals surface area contributed by atoms with Crippen molar-refractivity contribution in [1.82, 2.24) is 10.2 Å². The zero-order chi connectivity index (χ0) is 20.2. The van der Waals surface area contributed by atoms with Gasteiger partial charge in [0.2, 0.25) is 5.91 Å². The molecule has 2 rings (SSSR count). The molecule has 6 nitrogen and oxygen atoms in total. The largest absolute Gasteiger partial charge is 0.460 e. The second-order valence-electron chi connectivity index (χ2n) is 7.95. The normalized spacial score (nSPS) is 19.5. The van der Waals surface area contributed by atoms with Crippen molar-refractivity contribution < 1.29 is 19.1 Å². The van der Waals surface area contributed by atoms with Crippen molar-refractivity contribution in [2.75, 3.05) is 13.1 Å². The number of hydrogen-bond acceptors (Lipinski definition) is 4. The Hall–Kier alpha value is -2.63. The highest BCUT2D eigenvalue weighted by atomic mass is 16.6. The number of hydrogen-bond donors (Lipinski definition) is 1. The lowest BCUT2D eigenvalue weighted by atomic mass is 9.98. The molecule has 0 aromatic heterocycles. The molecule has 1 aromatic rings. The van der Waals surface area contributed by atoms with Gasteiger partial charge in [0.15, 0.2) is 0 Å². The average Bonchev–Trinajstić information content (AvgIpc) is 3.00. The quantitative estimate of drug-likeness (QED) is 0.637. The Bertz CT molecular complexity index is 719. The molecule has 0 spiro atoms. The second kappa shape index (κ2) is 8.37. The van der Waals surface area contributed by atoms with E-state index in [0.717, 1.165) is 5.56 Å². The monoisotopic (exact) mass is 372 g/mol. The fourth-order valence-electron chi connectivity index (χ4n) is 3.03. The Labute approximate surface area is 160 Å². The third-order valence-electron chi connectivity index (χ3n) is 4.46. The van der Waals surface area contributed by atoms with Crippen LogP contribution in [0.2, 0.25) is 0 Å². The van der Waals surface area contributed by atoms with Gasteiger partial charge in [0.1, 0.15) is 5.60 Å². The summed E-state index contributed by atoms with van der Waals surface area (Å²) in [5.74, 6) is -0.846. The minimum Gasteiger partial charge on any atom is -0.460 e. The summed E-state index contributed by atoms with van der Waals surface area (Å²) < 4.78 is 5.48. The van der Waals surface area contributed by atoms with E-state index in [1.165, 1.54) is 6.08 Å². The van der Waals surface area contributed by atoms with Crippen LogP contribution in [0.5, 0.6) is 0 Å². The highest BCUT2D eigenvalue weighted by Gasteiger charge is 2.39. The van der Waals surface area contributed by atoms with Crippen molar-refractivity contribution in [2.24, 2.45) is 11.8 Å². The number of benzene rings is 1. The number of esters is 1. The van der Waals surface area contributed by atoms with E-state index in [2.05, 4.69) is 11.9 Å². The lowest BCUT2D eigenvalue weighted by molar-refractivity contribution is -0.160. The van der Waals surface area contributed by atoms with Crippen LogP contribution in [0.1, 0.15) is 43.6 Å². The molecule has 6 heteroatoms. The summed E-state index contributed by atoms with van der Waals surface area (Å²) in [5.41, 5.74) is 0.916. The molecular weight excluding hydrogens is 344 g/mol.